The molecule has 3 rings (SSSR count). The second-order valence-electron chi connectivity index (χ2n) is 4.43. The van der Waals surface area contributed by atoms with E-state index in [1.807, 2.05) is 6.07 Å². The van der Waals surface area contributed by atoms with Crippen molar-refractivity contribution >= 4 is 0 Å². The van der Waals surface area contributed by atoms with Gasteiger partial charge < -0.3 is 0 Å². The highest BCUT2D eigenvalue weighted by molar-refractivity contribution is 5.78. The molecule has 0 spiro atoms. The van der Waals surface area contributed by atoms with Crippen molar-refractivity contribution in [2.75, 3.05) is 0 Å². The average molecular weight is 207 g/mol. The molecule has 0 N–H and O–H groups in total. The predicted molar refractivity (Wildman–Crippen MR) is 67.5 cm³/mol. The summed E-state index contributed by atoms with van der Waals surface area (Å²) in [7, 11) is 0. The maximum absolute atomic E-state index is 3.43. The summed E-state index contributed by atoms with van der Waals surface area (Å²) >= 11 is 0. The molecule has 1 unspecified atom stereocenters. The molecule has 0 heterocycles. The summed E-state index contributed by atoms with van der Waals surface area (Å²) in [5.74, 6) is 0.567. The minimum Gasteiger partial charge on any atom is -0.0653 e. The Bertz CT molecular complexity index is 465. The highest BCUT2D eigenvalue weighted by atomic mass is 14.3. The Kier molecular flexibility index (Phi) is 2.28. The van der Waals surface area contributed by atoms with Crippen LogP contribution in [-0.2, 0) is 0 Å². The lowest BCUT2D eigenvalue weighted by Gasteiger charge is -2.11. The van der Waals surface area contributed by atoms with Crippen LogP contribution in [0.1, 0.15) is 36.8 Å². The van der Waals surface area contributed by atoms with E-state index in [1.54, 1.807) is 0 Å². The van der Waals surface area contributed by atoms with Crippen LogP contribution in [0, 0.1) is 6.07 Å². The highest BCUT2D eigenvalue weighted by Crippen LogP contribution is 2.46. The van der Waals surface area contributed by atoms with Gasteiger partial charge in [0.2, 0.25) is 0 Å². The average Bonchev–Trinajstić information content (AvgIpc) is 2.66. The first-order valence-electron chi connectivity index (χ1n) is 6.01. The Morgan fingerprint density at radius 1 is 1.06 bits per heavy atom. The number of hydrogen-bond donors (Lipinski definition) is 0. The Labute approximate surface area is 96.9 Å². The molecular weight excluding hydrogens is 192 g/mol. The van der Waals surface area contributed by atoms with Gasteiger partial charge in [-0.3, -0.25) is 0 Å². The first-order chi connectivity index (χ1) is 7.92. The van der Waals surface area contributed by atoms with E-state index in [4.69, 9.17) is 0 Å². The number of fused-ring (bicyclic) bond motifs is 3. The van der Waals surface area contributed by atoms with Gasteiger partial charge in [0, 0.05) is 5.92 Å². The predicted octanol–water partition coefficient (Wildman–Crippen LogP) is 4.40. The number of rotatable bonds is 2. The molecule has 1 aliphatic carbocycles. The zero-order chi connectivity index (χ0) is 11.0. The van der Waals surface area contributed by atoms with Gasteiger partial charge in [-0.2, -0.15) is 0 Å². The molecule has 0 bridgehead atoms. The molecule has 79 valence electrons. The molecular formula is C16H15. The topological polar surface area (TPSA) is 0 Å². The molecule has 0 amide bonds. The Hall–Kier alpha value is -1.56. The van der Waals surface area contributed by atoms with E-state index in [1.165, 1.54) is 35.1 Å². The van der Waals surface area contributed by atoms with Gasteiger partial charge in [-0.15, -0.1) is 0 Å². The van der Waals surface area contributed by atoms with Gasteiger partial charge in [0.05, 0.1) is 0 Å². The van der Waals surface area contributed by atoms with Crippen molar-refractivity contribution in [3.63, 3.8) is 0 Å². The fourth-order valence-electron chi connectivity index (χ4n) is 2.76. The van der Waals surface area contributed by atoms with Crippen molar-refractivity contribution in [1.29, 1.82) is 0 Å². The third kappa shape index (κ3) is 1.30. The molecule has 0 saturated carbocycles. The third-order valence-corrected chi connectivity index (χ3v) is 3.44. The number of hydrogen-bond acceptors (Lipinski definition) is 0. The molecule has 1 radical (unpaired) electrons. The fraction of sp³-hybridized carbons (Fsp3) is 0.250. The standard InChI is InChI=1S/C16H15/c1-2-7-12-13-8-3-5-10-15(13)16-11-6-4-9-14(12)16/h3-6,8,10-12H,2,7H2,1H3. The first-order valence-corrected chi connectivity index (χ1v) is 6.01. The van der Waals surface area contributed by atoms with E-state index in [0.29, 0.717) is 5.92 Å². The molecule has 0 aromatic heterocycles. The summed E-state index contributed by atoms with van der Waals surface area (Å²) < 4.78 is 0. The molecule has 0 nitrogen and oxygen atoms in total. The van der Waals surface area contributed by atoms with E-state index in [0.717, 1.165) is 0 Å². The van der Waals surface area contributed by atoms with Crippen LogP contribution in [-0.4, -0.2) is 0 Å². The quantitative estimate of drug-likeness (QED) is 0.684. The van der Waals surface area contributed by atoms with Crippen LogP contribution in [0.25, 0.3) is 11.1 Å². The van der Waals surface area contributed by atoms with Crippen molar-refractivity contribution in [1.82, 2.24) is 0 Å². The Balaban J connectivity index is 2.21. The van der Waals surface area contributed by atoms with E-state index in [2.05, 4.69) is 49.4 Å². The maximum Gasteiger partial charge on any atom is 0.0108 e. The normalized spacial score (nSPS) is 13.6. The second kappa shape index (κ2) is 3.79. The zero-order valence-corrected chi connectivity index (χ0v) is 9.53. The van der Waals surface area contributed by atoms with E-state index in [-0.39, 0.29) is 0 Å². The monoisotopic (exact) mass is 207 g/mol. The summed E-state index contributed by atoms with van der Waals surface area (Å²) in [6.07, 6.45) is 2.45. The molecule has 0 saturated heterocycles. The van der Waals surface area contributed by atoms with Crippen LogP contribution < -0.4 is 0 Å². The zero-order valence-electron chi connectivity index (χ0n) is 9.53. The van der Waals surface area contributed by atoms with Crippen LogP contribution in [0.15, 0.2) is 42.5 Å². The lowest BCUT2D eigenvalue weighted by molar-refractivity contribution is 0.711. The minimum atomic E-state index is 0.567. The van der Waals surface area contributed by atoms with Crippen molar-refractivity contribution in [2.24, 2.45) is 0 Å². The number of benzene rings is 2. The van der Waals surface area contributed by atoms with Gasteiger partial charge in [-0.1, -0.05) is 55.8 Å². The van der Waals surface area contributed by atoms with Crippen LogP contribution in [0.3, 0.4) is 0 Å². The molecule has 0 aliphatic heterocycles. The summed E-state index contributed by atoms with van der Waals surface area (Å²) in [6.45, 7) is 2.25. The molecule has 16 heavy (non-hydrogen) atoms. The maximum atomic E-state index is 3.43. The van der Waals surface area contributed by atoms with Gasteiger partial charge in [0.15, 0.2) is 0 Å². The van der Waals surface area contributed by atoms with E-state index in [9.17, 15) is 0 Å². The van der Waals surface area contributed by atoms with Gasteiger partial charge in [-0.05, 0) is 34.7 Å². The van der Waals surface area contributed by atoms with Crippen LogP contribution in [0.2, 0.25) is 0 Å². The molecule has 1 atom stereocenters. The molecule has 2 aromatic carbocycles. The van der Waals surface area contributed by atoms with Crippen molar-refractivity contribution in [3.8, 4) is 11.1 Å². The van der Waals surface area contributed by atoms with Gasteiger partial charge >= 0.3 is 0 Å². The SMILES string of the molecule is CCCC1c2[c]cccc2-c2ccccc21. The largest absolute Gasteiger partial charge is 0.0653 e. The van der Waals surface area contributed by atoms with E-state index >= 15 is 0 Å². The fourth-order valence-corrected chi connectivity index (χ4v) is 2.76. The third-order valence-electron chi connectivity index (χ3n) is 3.44. The Morgan fingerprint density at radius 3 is 2.75 bits per heavy atom. The molecule has 0 fully saturated rings. The summed E-state index contributed by atoms with van der Waals surface area (Å²) in [6, 6.07) is 18.6. The lowest BCUT2D eigenvalue weighted by atomic mass is 9.93. The molecule has 2 aromatic rings. The van der Waals surface area contributed by atoms with Gasteiger partial charge in [-0.25, -0.2) is 0 Å². The smallest absolute Gasteiger partial charge is 0.0108 e. The first kappa shape index (κ1) is 9.65. The van der Waals surface area contributed by atoms with Crippen LogP contribution in [0.5, 0.6) is 0 Å². The second-order valence-corrected chi connectivity index (χ2v) is 4.43. The van der Waals surface area contributed by atoms with Crippen LogP contribution in [0.4, 0.5) is 0 Å². The highest BCUT2D eigenvalue weighted by Gasteiger charge is 2.26. The summed E-state index contributed by atoms with van der Waals surface area (Å²) in [5, 5.41) is 0. The lowest BCUT2D eigenvalue weighted by Crippen LogP contribution is -1.95. The molecule has 1 aliphatic rings. The minimum absolute atomic E-state index is 0.567. The summed E-state index contributed by atoms with van der Waals surface area (Å²) in [5.41, 5.74) is 5.68. The van der Waals surface area contributed by atoms with Gasteiger partial charge in [0.1, 0.15) is 0 Å². The van der Waals surface area contributed by atoms with Crippen molar-refractivity contribution in [3.05, 3.63) is 59.7 Å². The van der Waals surface area contributed by atoms with Crippen LogP contribution >= 0.6 is 0 Å². The molecule has 0 heteroatoms. The van der Waals surface area contributed by atoms with E-state index < -0.39 is 0 Å². The van der Waals surface area contributed by atoms with Crippen molar-refractivity contribution in [2.45, 2.75) is 25.7 Å². The van der Waals surface area contributed by atoms with Crippen molar-refractivity contribution < 1.29 is 0 Å². The van der Waals surface area contributed by atoms with Gasteiger partial charge in [0.25, 0.3) is 0 Å². The summed E-state index contributed by atoms with van der Waals surface area (Å²) in [4.78, 5) is 0. The Morgan fingerprint density at radius 2 is 1.88 bits per heavy atom.